The molecule has 2 aliphatic carbocycles. The van der Waals surface area contributed by atoms with Crippen LogP contribution in [0.1, 0.15) is 66.6 Å². The minimum absolute atomic E-state index is 0.0130. The number of aryl methyl sites for hydroxylation is 2. The number of nitrogens with two attached hydrogens (primary N) is 1. The van der Waals surface area contributed by atoms with Crippen LogP contribution >= 0.6 is 11.3 Å². The van der Waals surface area contributed by atoms with Gasteiger partial charge in [0.2, 0.25) is 0 Å². The Labute approximate surface area is 245 Å². The fraction of sp³-hybridized carbons (Fsp3) is 0.467. The third-order valence-corrected chi connectivity index (χ3v) is 10.9. The minimum atomic E-state index is -3.54. The number of hydrogen-bond donors (Lipinski definition) is 3. The fourth-order valence-corrected chi connectivity index (χ4v) is 7.80. The molecular formula is C30H38N4O5S2. The number of amides is 2. The lowest BCUT2D eigenvalue weighted by atomic mass is 9.85. The summed E-state index contributed by atoms with van der Waals surface area (Å²) in [6, 6.07) is 12.3. The molecule has 0 bridgehead atoms. The predicted octanol–water partition coefficient (Wildman–Crippen LogP) is 5.23. The van der Waals surface area contributed by atoms with Gasteiger partial charge in [0.25, 0.3) is 0 Å². The molecule has 0 saturated carbocycles. The lowest BCUT2D eigenvalue weighted by Gasteiger charge is -2.24. The van der Waals surface area contributed by atoms with Crippen LogP contribution in [0.25, 0.3) is 0 Å². The van der Waals surface area contributed by atoms with Gasteiger partial charge in [-0.2, -0.15) is 0 Å². The van der Waals surface area contributed by atoms with Gasteiger partial charge in [-0.1, -0.05) is 44.2 Å². The van der Waals surface area contributed by atoms with Crippen molar-refractivity contribution in [3.63, 3.8) is 0 Å². The van der Waals surface area contributed by atoms with Crippen LogP contribution in [0.5, 0.6) is 0 Å². The number of carbonyl (C=O) groups excluding carboxylic acids is 1. The van der Waals surface area contributed by atoms with Crippen molar-refractivity contribution in [2.75, 3.05) is 25.1 Å². The van der Waals surface area contributed by atoms with Crippen LogP contribution in [0, 0.1) is 0 Å². The Hall–Kier alpha value is -2.67. The number of pyridine rings is 1. The molecule has 0 aliphatic heterocycles. The highest BCUT2D eigenvalue weighted by Crippen LogP contribution is 2.45. The van der Waals surface area contributed by atoms with Crippen LogP contribution in [-0.4, -0.2) is 40.2 Å². The number of benzene rings is 1. The van der Waals surface area contributed by atoms with Crippen molar-refractivity contribution in [2.45, 2.75) is 74.7 Å². The van der Waals surface area contributed by atoms with Gasteiger partial charge in [-0.3, -0.25) is 4.98 Å². The lowest BCUT2D eigenvalue weighted by molar-refractivity contribution is -0.0508. The van der Waals surface area contributed by atoms with Crippen LogP contribution < -0.4 is 10.5 Å². The van der Waals surface area contributed by atoms with Crippen LogP contribution in [0.3, 0.4) is 0 Å². The number of aliphatic hydroxyl groups is 1. The number of nitrogens with one attached hydrogen (secondary N) is 1. The first-order valence-corrected chi connectivity index (χ1v) is 16.3. The zero-order valence-electron chi connectivity index (χ0n) is 23.8. The SMILES string of the molecule is CC1(C)CCc2nc3c(c(NC(=O)N=S(N)(=O)c4ccc(C(C)(O)COCCOCc5ccccc5)s4)c21)CCC3. The zero-order chi connectivity index (χ0) is 29.3. The summed E-state index contributed by atoms with van der Waals surface area (Å²) in [5.74, 6) is 0. The Bertz CT molecular complexity index is 1540. The predicted molar refractivity (Wildman–Crippen MR) is 160 cm³/mol. The lowest BCUT2D eigenvalue weighted by Crippen LogP contribution is -2.27. The molecule has 2 aliphatic rings. The van der Waals surface area contributed by atoms with Crippen LogP contribution in [0.2, 0.25) is 0 Å². The molecule has 3 aromatic rings. The van der Waals surface area contributed by atoms with Crippen molar-refractivity contribution >= 4 is 33.0 Å². The van der Waals surface area contributed by atoms with E-state index in [1.54, 1.807) is 19.1 Å². The van der Waals surface area contributed by atoms with E-state index in [9.17, 15) is 14.1 Å². The largest absolute Gasteiger partial charge is 0.382 e. The Morgan fingerprint density at radius 3 is 2.68 bits per heavy atom. The number of anilines is 1. The molecule has 0 spiro atoms. The number of nitrogens with zero attached hydrogens (tertiary/aromatic N) is 2. The first kappa shape index (κ1) is 29.8. The molecule has 2 heterocycles. The molecule has 0 fully saturated rings. The van der Waals surface area contributed by atoms with Gasteiger partial charge in [0.1, 0.15) is 9.81 Å². The van der Waals surface area contributed by atoms with Gasteiger partial charge in [0.05, 0.1) is 32.1 Å². The summed E-state index contributed by atoms with van der Waals surface area (Å²) >= 11 is 1.06. The summed E-state index contributed by atoms with van der Waals surface area (Å²) in [6.45, 7) is 7.11. The van der Waals surface area contributed by atoms with E-state index >= 15 is 0 Å². The topological polar surface area (TPSA) is 136 Å². The Morgan fingerprint density at radius 1 is 1.15 bits per heavy atom. The van der Waals surface area contributed by atoms with Gasteiger partial charge in [0.15, 0.2) is 9.92 Å². The molecule has 0 saturated heterocycles. The van der Waals surface area contributed by atoms with Crippen LogP contribution in [0.4, 0.5) is 10.5 Å². The minimum Gasteiger partial charge on any atom is -0.382 e. The van der Waals surface area contributed by atoms with Gasteiger partial charge < -0.3 is 19.9 Å². The maximum absolute atomic E-state index is 13.4. The first-order valence-electron chi connectivity index (χ1n) is 13.9. The Kier molecular flexibility index (Phi) is 8.66. The number of urea groups is 1. The van der Waals surface area contributed by atoms with Crippen molar-refractivity contribution in [1.82, 2.24) is 4.98 Å². The third kappa shape index (κ3) is 6.71. The number of carbonyl (C=O) groups is 1. The van der Waals surface area contributed by atoms with Gasteiger partial charge in [-0.15, -0.1) is 15.7 Å². The number of hydrogen-bond acceptors (Lipinski definition) is 7. The van der Waals surface area contributed by atoms with Crippen molar-refractivity contribution in [3.05, 3.63) is 75.4 Å². The molecule has 1 aromatic carbocycles. The maximum atomic E-state index is 13.4. The summed E-state index contributed by atoms with van der Waals surface area (Å²) in [7, 11) is -3.54. The van der Waals surface area contributed by atoms with Crippen molar-refractivity contribution in [2.24, 2.45) is 9.50 Å². The van der Waals surface area contributed by atoms with E-state index in [1.807, 2.05) is 30.3 Å². The molecule has 2 atom stereocenters. The van der Waals surface area contributed by atoms with E-state index in [0.717, 1.165) is 77.2 Å². The molecule has 11 heteroatoms. The normalized spacial score (nSPS) is 18.3. The number of fused-ring (bicyclic) bond motifs is 2. The second-order valence-electron chi connectivity index (χ2n) is 11.5. The highest BCUT2D eigenvalue weighted by Gasteiger charge is 2.37. The monoisotopic (exact) mass is 598 g/mol. The molecular weight excluding hydrogens is 560 g/mol. The van der Waals surface area contributed by atoms with Gasteiger partial charge in [-0.25, -0.2) is 14.1 Å². The van der Waals surface area contributed by atoms with Gasteiger partial charge in [-0.05, 0) is 67.7 Å². The van der Waals surface area contributed by atoms with Crippen molar-refractivity contribution < 1.29 is 23.6 Å². The highest BCUT2D eigenvalue weighted by molar-refractivity contribution is 7.93. The fourth-order valence-electron chi connectivity index (χ4n) is 5.53. The molecule has 2 aromatic heterocycles. The number of ether oxygens (including phenoxy) is 2. The summed E-state index contributed by atoms with van der Waals surface area (Å²) in [5.41, 5.74) is 4.51. The molecule has 4 N–H and O–H groups in total. The maximum Gasteiger partial charge on any atom is 0.354 e. The van der Waals surface area contributed by atoms with Crippen LogP contribution in [0.15, 0.2) is 51.0 Å². The smallest absolute Gasteiger partial charge is 0.354 e. The van der Waals surface area contributed by atoms with Crippen LogP contribution in [-0.2, 0) is 56.3 Å². The second kappa shape index (κ2) is 11.9. The van der Waals surface area contributed by atoms with E-state index < -0.39 is 21.5 Å². The second-order valence-corrected chi connectivity index (χ2v) is 14.6. The van der Waals surface area contributed by atoms with E-state index in [1.165, 1.54) is 0 Å². The van der Waals surface area contributed by atoms with E-state index in [2.05, 4.69) is 23.5 Å². The highest BCUT2D eigenvalue weighted by atomic mass is 32.2. The molecule has 5 rings (SSSR count). The van der Waals surface area contributed by atoms with Gasteiger partial charge >= 0.3 is 6.03 Å². The number of aromatic nitrogens is 1. The summed E-state index contributed by atoms with van der Waals surface area (Å²) in [4.78, 5) is 18.5. The van der Waals surface area contributed by atoms with Crippen molar-refractivity contribution in [1.29, 1.82) is 0 Å². The molecule has 0 radical (unpaired) electrons. The number of thiophene rings is 1. The quantitative estimate of drug-likeness (QED) is 0.274. The van der Waals surface area contributed by atoms with E-state index in [-0.39, 0.29) is 16.2 Å². The summed E-state index contributed by atoms with van der Waals surface area (Å²) in [6.07, 6.45) is 4.53. The Balaban J connectivity index is 1.22. The summed E-state index contributed by atoms with van der Waals surface area (Å²) in [5, 5.41) is 20.0. The number of rotatable bonds is 10. The van der Waals surface area contributed by atoms with Crippen molar-refractivity contribution in [3.8, 4) is 0 Å². The first-order chi connectivity index (χ1) is 19.5. The zero-order valence-corrected chi connectivity index (χ0v) is 25.4. The average molecular weight is 599 g/mol. The Morgan fingerprint density at radius 2 is 1.90 bits per heavy atom. The molecule has 2 unspecified atom stereocenters. The van der Waals surface area contributed by atoms with E-state index in [0.29, 0.717) is 24.7 Å². The molecule has 220 valence electrons. The standard InChI is InChI=1S/C30H38N4O5S2/c1-29(2)15-14-23-26(29)27(21-10-7-11-22(21)32-23)33-28(35)34-41(31,37)25-13-12-24(40-25)30(3,36)19-39-17-16-38-18-20-8-5-4-6-9-20/h4-6,8-9,12-13,36H,7,10-11,14-19H2,1-3H3,(H3,31,32,33,34,35,37). The molecule has 2 amide bonds. The third-order valence-electron chi connectivity index (χ3n) is 7.68. The average Bonchev–Trinajstić information content (AvgIpc) is 3.66. The van der Waals surface area contributed by atoms with Gasteiger partial charge in [0, 0.05) is 21.8 Å². The molecule has 9 nitrogen and oxygen atoms in total. The van der Waals surface area contributed by atoms with E-state index in [4.69, 9.17) is 19.6 Å². The summed E-state index contributed by atoms with van der Waals surface area (Å²) < 4.78 is 28.8. The molecule has 41 heavy (non-hydrogen) atoms.